The quantitative estimate of drug-likeness (QED) is 0.465. The maximum atomic E-state index is 12.4. The van der Waals surface area contributed by atoms with Crippen LogP contribution >= 0.6 is 11.8 Å². The van der Waals surface area contributed by atoms with Crippen molar-refractivity contribution in [2.75, 3.05) is 31.8 Å². The summed E-state index contributed by atoms with van der Waals surface area (Å²) in [4.78, 5) is 25.6. The van der Waals surface area contributed by atoms with Crippen molar-refractivity contribution < 1.29 is 19.1 Å². The van der Waals surface area contributed by atoms with Crippen LogP contribution in [-0.2, 0) is 4.79 Å². The summed E-state index contributed by atoms with van der Waals surface area (Å²) in [5, 5.41) is 5.70. The number of carbonyl (C=O) groups excluding carboxylic acids is 2. The Morgan fingerprint density at radius 3 is 2.50 bits per heavy atom. The normalized spacial score (nSPS) is 10.2. The molecule has 0 aliphatic rings. The predicted octanol–water partition coefficient (Wildman–Crippen LogP) is 3.96. The molecule has 0 unspecified atom stereocenters. The van der Waals surface area contributed by atoms with Crippen molar-refractivity contribution in [2.45, 2.75) is 24.7 Å². The lowest BCUT2D eigenvalue weighted by atomic mass is 10.1. The van der Waals surface area contributed by atoms with Crippen molar-refractivity contribution in [3.8, 4) is 11.5 Å². The predicted molar refractivity (Wildman–Crippen MR) is 113 cm³/mol. The van der Waals surface area contributed by atoms with Gasteiger partial charge in [0.05, 0.1) is 31.2 Å². The van der Waals surface area contributed by atoms with Crippen LogP contribution in [0, 0.1) is 0 Å². The summed E-state index contributed by atoms with van der Waals surface area (Å²) in [5.41, 5.74) is 0.970. The SMILES string of the molecule is CCCCNC(=O)c1ccccc1NC(=O)CSc1ccc(OC)c(OC)c1. The van der Waals surface area contributed by atoms with Crippen LogP contribution in [0.4, 0.5) is 5.69 Å². The zero-order valence-corrected chi connectivity index (χ0v) is 17.2. The molecule has 0 aromatic heterocycles. The molecule has 0 spiro atoms. The highest BCUT2D eigenvalue weighted by molar-refractivity contribution is 8.00. The van der Waals surface area contributed by atoms with E-state index < -0.39 is 0 Å². The highest BCUT2D eigenvalue weighted by Gasteiger charge is 2.13. The molecule has 0 atom stereocenters. The van der Waals surface area contributed by atoms with Crippen molar-refractivity contribution in [3.05, 3.63) is 48.0 Å². The van der Waals surface area contributed by atoms with Crippen molar-refractivity contribution in [1.82, 2.24) is 5.32 Å². The van der Waals surface area contributed by atoms with Crippen LogP contribution in [0.1, 0.15) is 30.1 Å². The highest BCUT2D eigenvalue weighted by atomic mass is 32.2. The lowest BCUT2D eigenvalue weighted by Gasteiger charge is -2.12. The van der Waals surface area contributed by atoms with Gasteiger partial charge in [-0.05, 0) is 36.8 Å². The summed E-state index contributed by atoms with van der Waals surface area (Å²) >= 11 is 1.38. The maximum absolute atomic E-state index is 12.4. The Balaban J connectivity index is 1.97. The summed E-state index contributed by atoms with van der Waals surface area (Å²) in [5.74, 6) is 1.09. The molecular weight excluding hydrogens is 376 g/mol. The summed E-state index contributed by atoms with van der Waals surface area (Å²) in [6.45, 7) is 2.68. The summed E-state index contributed by atoms with van der Waals surface area (Å²) < 4.78 is 10.5. The van der Waals surface area contributed by atoms with Crippen molar-refractivity contribution in [3.63, 3.8) is 0 Å². The molecule has 0 bridgehead atoms. The number of benzene rings is 2. The van der Waals surface area contributed by atoms with Gasteiger partial charge in [-0.1, -0.05) is 25.5 Å². The Hall–Kier alpha value is -2.67. The van der Waals surface area contributed by atoms with Crippen LogP contribution in [-0.4, -0.2) is 38.3 Å². The standard InChI is InChI=1S/C21H26N2O4S/c1-4-5-12-22-21(25)16-8-6-7-9-17(16)23-20(24)14-28-15-10-11-18(26-2)19(13-15)27-3/h6-11,13H,4-5,12,14H2,1-3H3,(H,22,25)(H,23,24). The zero-order chi connectivity index (χ0) is 20.4. The molecule has 2 N–H and O–H groups in total. The number of methoxy groups -OCH3 is 2. The molecule has 28 heavy (non-hydrogen) atoms. The zero-order valence-electron chi connectivity index (χ0n) is 16.4. The number of carbonyl (C=O) groups is 2. The average molecular weight is 403 g/mol. The Kier molecular flexibility index (Phi) is 8.68. The fraction of sp³-hybridized carbons (Fsp3) is 0.333. The molecule has 2 rings (SSSR count). The van der Waals surface area contributed by atoms with E-state index in [-0.39, 0.29) is 17.6 Å². The molecule has 0 saturated heterocycles. The van der Waals surface area contributed by atoms with Crippen LogP contribution in [0.2, 0.25) is 0 Å². The van der Waals surface area contributed by atoms with Crippen LogP contribution in [0.25, 0.3) is 0 Å². The summed E-state index contributed by atoms with van der Waals surface area (Å²) in [6, 6.07) is 12.5. The number of unbranched alkanes of at least 4 members (excludes halogenated alkanes) is 1. The van der Waals surface area contributed by atoms with Crippen molar-refractivity contribution >= 4 is 29.3 Å². The Morgan fingerprint density at radius 2 is 1.79 bits per heavy atom. The number of ether oxygens (including phenoxy) is 2. The van der Waals surface area contributed by atoms with Gasteiger partial charge in [-0.3, -0.25) is 9.59 Å². The molecule has 0 heterocycles. The average Bonchev–Trinajstić information content (AvgIpc) is 2.72. The molecule has 0 radical (unpaired) electrons. The first-order valence-corrected chi connectivity index (χ1v) is 10.1. The number of hydrogen-bond acceptors (Lipinski definition) is 5. The molecule has 0 aliphatic heterocycles. The first kappa shape index (κ1) is 21.6. The van der Waals surface area contributed by atoms with Gasteiger partial charge in [-0.2, -0.15) is 0 Å². The highest BCUT2D eigenvalue weighted by Crippen LogP contribution is 2.31. The van der Waals surface area contributed by atoms with Gasteiger partial charge in [0.2, 0.25) is 5.91 Å². The molecule has 0 fully saturated rings. The topological polar surface area (TPSA) is 76.7 Å². The third kappa shape index (κ3) is 6.20. The molecule has 2 aromatic carbocycles. The maximum Gasteiger partial charge on any atom is 0.253 e. The molecule has 6 nitrogen and oxygen atoms in total. The van der Waals surface area contributed by atoms with E-state index in [9.17, 15) is 9.59 Å². The van der Waals surface area contributed by atoms with Crippen LogP contribution in [0.3, 0.4) is 0 Å². The van der Waals surface area contributed by atoms with Crippen LogP contribution < -0.4 is 20.1 Å². The lowest BCUT2D eigenvalue weighted by molar-refractivity contribution is -0.113. The second kappa shape index (κ2) is 11.2. The minimum atomic E-state index is -0.186. The molecule has 0 saturated carbocycles. The van der Waals surface area contributed by atoms with Gasteiger partial charge in [0.15, 0.2) is 11.5 Å². The van der Waals surface area contributed by atoms with Crippen LogP contribution in [0.5, 0.6) is 11.5 Å². The molecule has 0 aliphatic carbocycles. The molecule has 7 heteroatoms. The van der Waals surface area contributed by atoms with Crippen molar-refractivity contribution in [2.24, 2.45) is 0 Å². The van der Waals surface area contributed by atoms with E-state index in [0.717, 1.165) is 17.7 Å². The van der Waals surface area contributed by atoms with E-state index in [1.54, 1.807) is 44.6 Å². The summed E-state index contributed by atoms with van der Waals surface area (Å²) in [7, 11) is 3.15. The first-order chi connectivity index (χ1) is 13.6. The molecule has 150 valence electrons. The third-order valence-electron chi connectivity index (χ3n) is 3.99. The van der Waals surface area contributed by atoms with Gasteiger partial charge in [0.25, 0.3) is 5.91 Å². The lowest BCUT2D eigenvalue weighted by Crippen LogP contribution is -2.26. The Morgan fingerprint density at radius 1 is 1.04 bits per heavy atom. The van der Waals surface area contributed by atoms with Crippen molar-refractivity contribution in [1.29, 1.82) is 0 Å². The van der Waals surface area contributed by atoms with E-state index in [1.807, 2.05) is 12.1 Å². The number of nitrogens with one attached hydrogen (secondary N) is 2. The second-order valence-electron chi connectivity index (χ2n) is 6.01. The van der Waals surface area contributed by atoms with E-state index >= 15 is 0 Å². The number of thioether (sulfide) groups is 1. The molecule has 2 amide bonds. The number of amides is 2. The fourth-order valence-electron chi connectivity index (χ4n) is 2.51. The number of anilines is 1. The Labute approximate surface area is 170 Å². The minimum Gasteiger partial charge on any atom is -0.493 e. The van der Waals surface area contributed by atoms with Gasteiger partial charge in [0, 0.05) is 11.4 Å². The fourth-order valence-corrected chi connectivity index (χ4v) is 3.23. The summed E-state index contributed by atoms with van der Waals surface area (Å²) in [6.07, 6.45) is 1.92. The Bertz CT molecular complexity index is 811. The number of rotatable bonds is 10. The minimum absolute atomic E-state index is 0.183. The van der Waals surface area contributed by atoms with Gasteiger partial charge >= 0.3 is 0 Å². The largest absolute Gasteiger partial charge is 0.493 e. The second-order valence-corrected chi connectivity index (χ2v) is 7.06. The smallest absolute Gasteiger partial charge is 0.253 e. The monoisotopic (exact) mass is 402 g/mol. The number of para-hydroxylation sites is 1. The van der Waals surface area contributed by atoms with E-state index in [1.165, 1.54) is 11.8 Å². The van der Waals surface area contributed by atoms with Gasteiger partial charge in [-0.25, -0.2) is 0 Å². The van der Waals surface area contributed by atoms with E-state index in [0.29, 0.717) is 29.3 Å². The number of hydrogen-bond donors (Lipinski definition) is 2. The van der Waals surface area contributed by atoms with Gasteiger partial charge in [-0.15, -0.1) is 11.8 Å². The van der Waals surface area contributed by atoms with E-state index in [2.05, 4.69) is 17.6 Å². The van der Waals surface area contributed by atoms with Crippen LogP contribution in [0.15, 0.2) is 47.4 Å². The van der Waals surface area contributed by atoms with Gasteiger partial charge in [0.1, 0.15) is 0 Å². The molecule has 2 aromatic rings. The first-order valence-electron chi connectivity index (χ1n) is 9.11. The third-order valence-corrected chi connectivity index (χ3v) is 4.98. The van der Waals surface area contributed by atoms with Gasteiger partial charge < -0.3 is 20.1 Å². The van der Waals surface area contributed by atoms with E-state index in [4.69, 9.17) is 9.47 Å². The molecular formula is C21H26N2O4S.